The zero-order valence-corrected chi connectivity index (χ0v) is 11.1. The van der Waals surface area contributed by atoms with E-state index < -0.39 is 0 Å². The van der Waals surface area contributed by atoms with Gasteiger partial charge in [-0.2, -0.15) is 0 Å². The van der Waals surface area contributed by atoms with Gasteiger partial charge in [0.1, 0.15) is 6.61 Å². The van der Waals surface area contributed by atoms with Crippen molar-refractivity contribution in [2.45, 2.75) is 19.3 Å². The van der Waals surface area contributed by atoms with Crippen molar-refractivity contribution in [3.05, 3.63) is 35.9 Å². The minimum atomic E-state index is -0.370. The molecule has 1 aromatic rings. The molecular formula is C14H19NO4. The molecule has 1 aromatic carbocycles. The first kappa shape index (κ1) is 13.8. The summed E-state index contributed by atoms with van der Waals surface area (Å²) >= 11 is 0. The Hall–Kier alpha value is -1.59. The van der Waals surface area contributed by atoms with E-state index >= 15 is 0 Å². The van der Waals surface area contributed by atoms with Gasteiger partial charge in [-0.25, -0.2) is 4.79 Å². The van der Waals surface area contributed by atoms with E-state index in [-0.39, 0.29) is 18.9 Å². The minimum absolute atomic E-state index is 0.271. The molecule has 1 heterocycles. The van der Waals surface area contributed by atoms with Gasteiger partial charge in [-0.3, -0.25) is 4.90 Å². The first-order chi connectivity index (χ1) is 9.31. The molecule has 0 spiro atoms. The van der Waals surface area contributed by atoms with Crippen LogP contribution in [0.15, 0.2) is 30.3 Å². The van der Waals surface area contributed by atoms with Gasteiger partial charge >= 0.3 is 6.09 Å². The first-order valence-electron chi connectivity index (χ1n) is 6.39. The highest BCUT2D eigenvalue weighted by Gasteiger charge is 2.26. The van der Waals surface area contributed by atoms with Gasteiger partial charge in [-0.05, 0) is 12.0 Å². The van der Waals surface area contributed by atoms with E-state index in [4.69, 9.17) is 14.2 Å². The molecule has 0 aliphatic carbocycles. The third-order valence-electron chi connectivity index (χ3n) is 3.01. The van der Waals surface area contributed by atoms with Crippen molar-refractivity contribution in [3.8, 4) is 0 Å². The summed E-state index contributed by atoms with van der Waals surface area (Å²) in [6.07, 6.45) is 0.0623. The van der Waals surface area contributed by atoms with Crippen molar-refractivity contribution in [2.75, 3.05) is 26.9 Å². The van der Waals surface area contributed by atoms with Gasteiger partial charge in [0.2, 0.25) is 0 Å². The van der Waals surface area contributed by atoms with Crippen LogP contribution in [-0.4, -0.2) is 44.1 Å². The van der Waals surface area contributed by atoms with E-state index in [1.807, 2.05) is 30.3 Å². The van der Waals surface area contributed by atoms with E-state index in [0.29, 0.717) is 19.8 Å². The Morgan fingerprint density at radius 1 is 1.42 bits per heavy atom. The number of ether oxygens (including phenoxy) is 3. The maximum atomic E-state index is 12.1. The van der Waals surface area contributed by atoms with E-state index in [2.05, 4.69) is 0 Å². The van der Waals surface area contributed by atoms with E-state index in [9.17, 15) is 4.79 Å². The summed E-state index contributed by atoms with van der Waals surface area (Å²) in [7, 11) is 1.57. The van der Waals surface area contributed by atoms with Crippen molar-refractivity contribution >= 4 is 6.09 Å². The summed E-state index contributed by atoms with van der Waals surface area (Å²) in [6.45, 7) is 1.89. The molecule has 0 saturated carbocycles. The van der Waals surface area contributed by atoms with E-state index in [0.717, 1.165) is 12.0 Å². The molecule has 5 heteroatoms. The molecule has 0 N–H and O–H groups in total. The van der Waals surface area contributed by atoms with Crippen LogP contribution in [0, 0.1) is 0 Å². The van der Waals surface area contributed by atoms with Gasteiger partial charge in [0.25, 0.3) is 0 Å². The summed E-state index contributed by atoms with van der Waals surface area (Å²) in [6, 6.07) is 9.61. The predicted molar refractivity (Wildman–Crippen MR) is 69.6 cm³/mol. The molecule has 1 atom stereocenters. The molecule has 1 aliphatic heterocycles. The second-order valence-corrected chi connectivity index (χ2v) is 4.35. The lowest BCUT2D eigenvalue weighted by molar-refractivity contribution is -0.0580. The Balaban J connectivity index is 1.90. The Kier molecular flexibility index (Phi) is 5.18. The monoisotopic (exact) mass is 265 g/mol. The maximum absolute atomic E-state index is 12.1. The highest BCUT2D eigenvalue weighted by molar-refractivity contribution is 5.67. The van der Waals surface area contributed by atoms with Gasteiger partial charge in [0.15, 0.2) is 6.23 Å². The quantitative estimate of drug-likeness (QED) is 0.839. The topological polar surface area (TPSA) is 48.0 Å². The van der Waals surface area contributed by atoms with Crippen LogP contribution in [0.2, 0.25) is 0 Å². The fourth-order valence-corrected chi connectivity index (χ4v) is 1.96. The lowest BCUT2D eigenvalue weighted by Gasteiger charge is -2.27. The van der Waals surface area contributed by atoms with Gasteiger partial charge in [-0.15, -0.1) is 0 Å². The highest BCUT2D eigenvalue weighted by Crippen LogP contribution is 2.11. The Bertz CT molecular complexity index is 396. The second-order valence-electron chi connectivity index (χ2n) is 4.35. The third kappa shape index (κ3) is 3.94. The zero-order chi connectivity index (χ0) is 13.5. The number of rotatable bonds is 3. The average molecular weight is 265 g/mol. The molecule has 0 radical (unpaired) electrons. The lowest BCUT2D eigenvalue weighted by Crippen LogP contribution is -2.43. The summed E-state index contributed by atoms with van der Waals surface area (Å²) in [4.78, 5) is 13.6. The van der Waals surface area contributed by atoms with Gasteiger partial charge in [0, 0.05) is 20.3 Å². The van der Waals surface area contributed by atoms with Crippen molar-refractivity contribution < 1.29 is 19.0 Å². The summed E-state index contributed by atoms with van der Waals surface area (Å²) in [5.74, 6) is 0. The molecule has 1 saturated heterocycles. The number of amides is 1. The largest absolute Gasteiger partial charge is 0.444 e. The molecule has 2 rings (SSSR count). The normalized spacial score (nSPS) is 19.8. The van der Waals surface area contributed by atoms with Crippen LogP contribution in [0.4, 0.5) is 4.79 Å². The molecule has 104 valence electrons. The number of methoxy groups -OCH3 is 1. The number of carbonyl (C=O) groups excluding carboxylic acids is 1. The van der Waals surface area contributed by atoms with Crippen molar-refractivity contribution in [2.24, 2.45) is 0 Å². The molecule has 1 aliphatic rings. The Labute approximate surface area is 113 Å². The van der Waals surface area contributed by atoms with Crippen LogP contribution in [0.1, 0.15) is 12.0 Å². The Morgan fingerprint density at radius 3 is 2.95 bits per heavy atom. The van der Waals surface area contributed by atoms with Crippen molar-refractivity contribution in [1.29, 1.82) is 0 Å². The summed E-state index contributed by atoms with van der Waals surface area (Å²) in [5, 5.41) is 0. The summed E-state index contributed by atoms with van der Waals surface area (Å²) in [5.41, 5.74) is 0.968. The van der Waals surface area contributed by atoms with E-state index in [1.165, 1.54) is 0 Å². The molecule has 19 heavy (non-hydrogen) atoms. The highest BCUT2D eigenvalue weighted by atomic mass is 16.6. The molecule has 1 amide bonds. The van der Waals surface area contributed by atoms with Crippen LogP contribution >= 0.6 is 0 Å². The van der Waals surface area contributed by atoms with Crippen LogP contribution in [0.25, 0.3) is 0 Å². The molecule has 1 unspecified atom stereocenters. The number of nitrogens with zero attached hydrogens (tertiary/aromatic N) is 1. The van der Waals surface area contributed by atoms with Crippen molar-refractivity contribution in [3.63, 3.8) is 0 Å². The minimum Gasteiger partial charge on any atom is -0.444 e. The standard InChI is InChI=1S/C14H19NO4/c1-17-13-11-18-9-5-8-15(13)14(16)19-10-12-6-3-2-4-7-12/h2-4,6-7,13H,5,8-11H2,1H3. The fraction of sp³-hybridized carbons (Fsp3) is 0.500. The number of hydrogen-bond donors (Lipinski definition) is 0. The first-order valence-corrected chi connectivity index (χ1v) is 6.39. The number of benzene rings is 1. The second kappa shape index (κ2) is 7.11. The van der Waals surface area contributed by atoms with Crippen LogP contribution in [-0.2, 0) is 20.8 Å². The maximum Gasteiger partial charge on any atom is 0.412 e. The smallest absolute Gasteiger partial charge is 0.412 e. The predicted octanol–water partition coefficient (Wildman–Crippen LogP) is 2.02. The summed E-state index contributed by atoms with van der Waals surface area (Å²) < 4.78 is 15.9. The van der Waals surface area contributed by atoms with Gasteiger partial charge < -0.3 is 14.2 Å². The number of carbonyl (C=O) groups is 1. The third-order valence-corrected chi connectivity index (χ3v) is 3.01. The Morgan fingerprint density at radius 2 is 2.21 bits per heavy atom. The zero-order valence-electron chi connectivity index (χ0n) is 11.1. The SMILES string of the molecule is COC1COCCCN1C(=O)OCc1ccccc1. The lowest BCUT2D eigenvalue weighted by atomic mass is 10.2. The van der Waals surface area contributed by atoms with E-state index in [1.54, 1.807) is 12.0 Å². The van der Waals surface area contributed by atoms with Crippen molar-refractivity contribution in [1.82, 2.24) is 4.90 Å². The van der Waals surface area contributed by atoms with Crippen LogP contribution in [0.3, 0.4) is 0 Å². The van der Waals surface area contributed by atoms with Crippen LogP contribution in [0.5, 0.6) is 0 Å². The molecular weight excluding hydrogens is 246 g/mol. The molecule has 5 nitrogen and oxygen atoms in total. The van der Waals surface area contributed by atoms with Gasteiger partial charge in [-0.1, -0.05) is 30.3 Å². The molecule has 0 bridgehead atoms. The van der Waals surface area contributed by atoms with Gasteiger partial charge in [0.05, 0.1) is 6.61 Å². The average Bonchev–Trinajstić information content (AvgIpc) is 2.71. The molecule has 0 aromatic heterocycles. The number of hydrogen-bond acceptors (Lipinski definition) is 4. The van der Waals surface area contributed by atoms with Crippen LogP contribution < -0.4 is 0 Å². The molecule has 1 fully saturated rings. The fourth-order valence-electron chi connectivity index (χ4n) is 1.96.